The van der Waals surface area contributed by atoms with Crippen LogP contribution in [0.2, 0.25) is 0 Å². The summed E-state index contributed by atoms with van der Waals surface area (Å²) in [5.41, 5.74) is -4.06. The number of carboxylic acids is 1. The van der Waals surface area contributed by atoms with Gasteiger partial charge in [0.05, 0.1) is 53.2 Å². The van der Waals surface area contributed by atoms with Gasteiger partial charge >= 0.3 is 5.97 Å². The first kappa shape index (κ1) is 33.7. The van der Waals surface area contributed by atoms with Crippen LogP contribution in [-0.2, 0) is 20.7 Å². The molecule has 256 valence electrons. The van der Waals surface area contributed by atoms with Gasteiger partial charge in [-0.1, -0.05) is 24.3 Å². The number of carbonyl (C=O) groups excluding carboxylic acids is 4. The Morgan fingerprint density at radius 3 is 2.29 bits per heavy atom. The zero-order chi connectivity index (χ0) is 35.5. The Balaban J connectivity index is 1.38. The zero-order valence-corrected chi connectivity index (χ0v) is 26.6. The predicted octanol–water partition coefficient (Wildman–Crippen LogP) is 2.20. The van der Waals surface area contributed by atoms with Crippen molar-refractivity contribution in [1.29, 1.82) is 0 Å². The molecule has 14 nitrogen and oxygen atoms in total. The highest BCUT2D eigenvalue weighted by Crippen LogP contribution is 2.52. The predicted molar refractivity (Wildman–Crippen MR) is 167 cm³/mol. The number of hydrogen-bond acceptors (Lipinski definition) is 12. The maximum absolute atomic E-state index is 13.9. The fraction of sp³-hybridized carbons (Fsp3) is 0.343. The molecule has 1 heterocycles. The summed E-state index contributed by atoms with van der Waals surface area (Å²) >= 11 is 0. The number of carboxylic acid groups (broad SMARTS) is 1. The molecule has 6 N–H and O–H groups in total. The molecule has 3 aliphatic rings. The van der Waals surface area contributed by atoms with Crippen molar-refractivity contribution in [2.75, 3.05) is 7.11 Å². The van der Waals surface area contributed by atoms with Crippen molar-refractivity contribution in [3.8, 4) is 17.2 Å². The molecule has 1 fully saturated rings. The second kappa shape index (κ2) is 12.4. The molecule has 14 heteroatoms. The number of ether oxygens (including phenoxy) is 3. The average Bonchev–Trinajstić information content (AvgIpc) is 3.06. The molecule has 49 heavy (non-hydrogen) atoms. The van der Waals surface area contributed by atoms with Crippen LogP contribution in [0.3, 0.4) is 0 Å². The van der Waals surface area contributed by atoms with E-state index < -0.39 is 101 Å². The van der Waals surface area contributed by atoms with E-state index in [0.717, 1.165) is 6.92 Å². The lowest BCUT2D eigenvalue weighted by Gasteiger charge is -2.42. The molecule has 6 atom stereocenters. The number of amides is 1. The van der Waals surface area contributed by atoms with Gasteiger partial charge in [-0.25, -0.2) is 4.79 Å². The van der Waals surface area contributed by atoms with Gasteiger partial charge in [-0.2, -0.15) is 0 Å². The van der Waals surface area contributed by atoms with Gasteiger partial charge in [0.15, 0.2) is 17.9 Å². The van der Waals surface area contributed by atoms with E-state index in [1.165, 1.54) is 56.5 Å². The number of aliphatic hydroxyl groups excluding tert-OH is 1. The van der Waals surface area contributed by atoms with E-state index in [0.29, 0.717) is 0 Å². The fourth-order valence-electron chi connectivity index (χ4n) is 6.88. The molecule has 1 saturated heterocycles. The van der Waals surface area contributed by atoms with Gasteiger partial charge in [0.1, 0.15) is 29.0 Å². The number of hydrogen-bond donors (Lipinski definition) is 6. The molecular formula is C35H33NO13. The third kappa shape index (κ3) is 5.52. The van der Waals surface area contributed by atoms with Crippen LogP contribution >= 0.6 is 0 Å². The molecule has 0 spiro atoms. The SMILES string of the molecule is COc1cccc2c1C(=O)c1c(O)c3c(c(O)c1C2=O)C[C@@](O)(C(C)=O)C[C@@H]3O[C@H]1C[C@H](NC(=O)c2ccccc2C(=O)O)[C@H](O)[C@H](C)O1. The van der Waals surface area contributed by atoms with Gasteiger partial charge in [0, 0.05) is 36.0 Å². The third-order valence-electron chi connectivity index (χ3n) is 9.47. The van der Waals surface area contributed by atoms with Crippen LogP contribution in [0.25, 0.3) is 0 Å². The Hall–Kier alpha value is -5.15. The Morgan fingerprint density at radius 1 is 0.959 bits per heavy atom. The molecule has 3 aromatic rings. The lowest BCUT2D eigenvalue weighted by molar-refractivity contribution is -0.248. The maximum atomic E-state index is 13.9. The first-order chi connectivity index (χ1) is 23.2. The number of aliphatic hydroxyl groups is 2. The van der Waals surface area contributed by atoms with E-state index in [4.69, 9.17) is 14.2 Å². The number of carbonyl (C=O) groups is 5. The van der Waals surface area contributed by atoms with Gasteiger partial charge in [-0.05, 0) is 32.0 Å². The second-order valence-corrected chi connectivity index (χ2v) is 12.4. The van der Waals surface area contributed by atoms with Gasteiger partial charge in [0.25, 0.3) is 5.91 Å². The monoisotopic (exact) mass is 675 g/mol. The Bertz CT molecular complexity index is 1940. The minimum Gasteiger partial charge on any atom is -0.507 e. The molecule has 0 unspecified atom stereocenters. The molecule has 0 radical (unpaired) electrons. The summed E-state index contributed by atoms with van der Waals surface area (Å²) in [6.07, 6.45) is -6.08. The summed E-state index contributed by atoms with van der Waals surface area (Å²) in [4.78, 5) is 65.1. The van der Waals surface area contributed by atoms with Crippen LogP contribution in [0.15, 0.2) is 42.5 Å². The van der Waals surface area contributed by atoms with Crippen molar-refractivity contribution in [1.82, 2.24) is 5.32 Å². The van der Waals surface area contributed by atoms with Crippen molar-refractivity contribution >= 4 is 29.2 Å². The van der Waals surface area contributed by atoms with Crippen LogP contribution in [0, 0.1) is 0 Å². The molecule has 0 bridgehead atoms. The highest BCUT2D eigenvalue weighted by atomic mass is 16.7. The summed E-state index contributed by atoms with van der Waals surface area (Å²) in [7, 11) is 1.31. The number of phenolic OH excluding ortho intramolecular Hbond substituents is 2. The van der Waals surface area contributed by atoms with E-state index in [9.17, 15) is 49.5 Å². The normalized spacial score (nSPS) is 25.9. The quantitative estimate of drug-likeness (QED) is 0.155. The Morgan fingerprint density at radius 2 is 1.63 bits per heavy atom. The first-order valence-electron chi connectivity index (χ1n) is 15.4. The van der Waals surface area contributed by atoms with E-state index in [1.54, 1.807) is 0 Å². The molecule has 2 aliphatic carbocycles. The number of rotatable bonds is 7. The summed E-state index contributed by atoms with van der Waals surface area (Å²) in [5.74, 6) is -5.74. The summed E-state index contributed by atoms with van der Waals surface area (Å²) < 4.78 is 17.4. The highest BCUT2D eigenvalue weighted by molar-refractivity contribution is 6.31. The molecule has 0 aromatic heterocycles. The fourth-order valence-corrected chi connectivity index (χ4v) is 6.88. The smallest absolute Gasteiger partial charge is 0.336 e. The van der Waals surface area contributed by atoms with Gasteiger partial charge in [0.2, 0.25) is 5.78 Å². The van der Waals surface area contributed by atoms with Crippen molar-refractivity contribution in [3.63, 3.8) is 0 Å². The van der Waals surface area contributed by atoms with Crippen LogP contribution in [0.4, 0.5) is 0 Å². The zero-order valence-electron chi connectivity index (χ0n) is 26.6. The van der Waals surface area contributed by atoms with Crippen LogP contribution in [-0.4, -0.2) is 92.0 Å². The average molecular weight is 676 g/mol. The first-order valence-corrected chi connectivity index (χ1v) is 15.4. The number of benzene rings is 3. The Labute approximate surface area is 278 Å². The van der Waals surface area contributed by atoms with Crippen LogP contribution in [0.1, 0.15) is 96.5 Å². The number of fused-ring (bicyclic) bond motifs is 3. The minimum atomic E-state index is -2.13. The number of Topliss-reactive ketones (excluding diaryl/α,β-unsaturated/α-hetero) is 1. The van der Waals surface area contributed by atoms with Crippen molar-refractivity contribution in [2.24, 2.45) is 0 Å². The standard InChI is InChI=1S/C35H33NO13/c1-14-28(38)20(36-33(43)16-7-4-5-8-17(16)34(44)45)11-23(48-14)49-22-13-35(46,15(2)37)12-19-25(22)32(42)27-26(30(19)40)29(39)18-9-6-10-21(47-3)24(18)31(27)41/h4-10,14,20,22-23,28,38,40,42,46H,11-13H2,1-3H3,(H,36,43)(H,44,45)/t14-,20-,22-,23-,28+,35-/m0/s1. The van der Waals surface area contributed by atoms with Crippen LogP contribution in [0.5, 0.6) is 17.2 Å². The Kier molecular flexibility index (Phi) is 8.53. The van der Waals surface area contributed by atoms with E-state index in [-0.39, 0.29) is 45.6 Å². The lowest BCUT2D eigenvalue weighted by Crippen LogP contribution is -2.55. The molecule has 3 aromatic carbocycles. The number of aromatic hydroxyl groups is 2. The summed E-state index contributed by atoms with van der Waals surface area (Å²) in [6, 6.07) is 8.82. The number of aromatic carboxylic acids is 1. The molecule has 6 rings (SSSR count). The van der Waals surface area contributed by atoms with Crippen LogP contribution < -0.4 is 10.1 Å². The molecular weight excluding hydrogens is 642 g/mol. The third-order valence-corrected chi connectivity index (χ3v) is 9.47. The van der Waals surface area contributed by atoms with E-state index >= 15 is 0 Å². The summed E-state index contributed by atoms with van der Waals surface area (Å²) in [6.45, 7) is 2.63. The van der Waals surface area contributed by atoms with Crippen molar-refractivity contribution < 1.29 is 63.7 Å². The van der Waals surface area contributed by atoms with E-state index in [1.807, 2.05) is 0 Å². The molecule has 1 amide bonds. The summed E-state index contributed by atoms with van der Waals surface area (Å²) in [5, 5.41) is 57.7. The largest absolute Gasteiger partial charge is 0.507 e. The second-order valence-electron chi connectivity index (χ2n) is 12.4. The number of phenols is 2. The topological polar surface area (TPSA) is 226 Å². The van der Waals surface area contributed by atoms with Gasteiger partial charge in [-0.3, -0.25) is 19.2 Å². The number of ketones is 3. The molecule has 0 saturated carbocycles. The lowest BCUT2D eigenvalue weighted by atomic mass is 9.72. The van der Waals surface area contributed by atoms with Crippen molar-refractivity contribution in [2.45, 2.75) is 69.4 Å². The maximum Gasteiger partial charge on any atom is 0.336 e. The van der Waals surface area contributed by atoms with Gasteiger partial charge < -0.3 is 45.1 Å². The number of methoxy groups -OCH3 is 1. The highest BCUT2D eigenvalue weighted by Gasteiger charge is 2.49. The molecule has 1 aliphatic heterocycles. The van der Waals surface area contributed by atoms with Crippen molar-refractivity contribution in [3.05, 3.63) is 87.0 Å². The van der Waals surface area contributed by atoms with E-state index in [2.05, 4.69) is 5.32 Å². The van der Waals surface area contributed by atoms with Gasteiger partial charge in [-0.15, -0.1) is 0 Å². The number of nitrogens with one attached hydrogen (secondary N) is 1. The minimum absolute atomic E-state index is 0.0686.